The first-order chi connectivity index (χ1) is 7.24. The zero-order chi connectivity index (χ0) is 11.1. The van der Waals surface area contributed by atoms with Crippen LogP contribution in [0.1, 0.15) is 18.4 Å². The van der Waals surface area contributed by atoms with Crippen molar-refractivity contribution in [3.63, 3.8) is 0 Å². The standard InChI is InChI=1S/C11H12BrNO2/c12-9-3-1-2-4-10-5-7-11(8-6-10)13(14)15/h2,4-8H,1,3,9H2/b4-2-. The van der Waals surface area contributed by atoms with Crippen molar-refractivity contribution in [2.75, 3.05) is 5.33 Å². The van der Waals surface area contributed by atoms with Gasteiger partial charge >= 0.3 is 0 Å². The quantitative estimate of drug-likeness (QED) is 0.353. The summed E-state index contributed by atoms with van der Waals surface area (Å²) in [5.41, 5.74) is 1.13. The summed E-state index contributed by atoms with van der Waals surface area (Å²) in [6.45, 7) is 0. The maximum absolute atomic E-state index is 10.4. The Morgan fingerprint density at radius 2 is 2.00 bits per heavy atom. The molecule has 0 aliphatic carbocycles. The summed E-state index contributed by atoms with van der Waals surface area (Å²) in [6, 6.07) is 6.54. The molecule has 0 atom stereocenters. The van der Waals surface area contributed by atoms with Gasteiger partial charge in [0.2, 0.25) is 0 Å². The lowest BCUT2D eigenvalue weighted by molar-refractivity contribution is -0.384. The Kier molecular flexibility index (Phi) is 5.04. The van der Waals surface area contributed by atoms with Crippen LogP contribution in [-0.2, 0) is 0 Å². The molecule has 0 heterocycles. The molecule has 1 aromatic rings. The summed E-state index contributed by atoms with van der Waals surface area (Å²) in [5.74, 6) is 0. The number of unbranched alkanes of at least 4 members (excludes halogenated alkanes) is 1. The van der Waals surface area contributed by atoms with Crippen molar-refractivity contribution in [3.05, 3.63) is 46.0 Å². The molecule has 0 bridgehead atoms. The van der Waals surface area contributed by atoms with Crippen molar-refractivity contribution in [1.29, 1.82) is 0 Å². The molecular weight excluding hydrogens is 258 g/mol. The van der Waals surface area contributed by atoms with Gasteiger partial charge in [-0.2, -0.15) is 0 Å². The highest BCUT2D eigenvalue weighted by atomic mass is 79.9. The molecule has 3 nitrogen and oxygen atoms in total. The number of hydrogen-bond acceptors (Lipinski definition) is 2. The van der Waals surface area contributed by atoms with E-state index in [4.69, 9.17) is 0 Å². The second-order valence-electron chi connectivity index (χ2n) is 3.08. The van der Waals surface area contributed by atoms with Gasteiger partial charge in [0.05, 0.1) is 4.92 Å². The molecule has 0 aliphatic heterocycles. The summed E-state index contributed by atoms with van der Waals surface area (Å²) in [4.78, 5) is 10.0. The van der Waals surface area contributed by atoms with Gasteiger partial charge in [0, 0.05) is 17.5 Å². The van der Waals surface area contributed by atoms with Gasteiger partial charge in [0.1, 0.15) is 0 Å². The maximum Gasteiger partial charge on any atom is 0.269 e. The lowest BCUT2D eigenvalue weighted by Gasteiger charge is -1.93. The van der Waals surface area contributed by atoms with Crippen molar-refractivity contribution < 1.29 is 4.92 Å². The summed E-state index contributed by atoms with van der Waals surface area (Å²) >= 11 is 3.35. The molecule has 4 heteroatoms. The Morgan fingerprint density at radius 3 is 2.53 bits per heavy atom. The molecular formula is C11H12BrNO2. The second kappa shape index (κ2) is 6.35. The van der Waals surface area contributed by atoms with E-state index in [1.807, 2.05) is 6.08 Å². The predicted molar refractivity (Wildman–Crippen MR) is 65.2 cm³/mol. The van der Waals surface area contributed by atoms with Crippen LogP contribution in [0.15, 0.2) is 30.3 Å². The van der Waals surface area contributed by atoms with Gasteiger partial charge < -0.3 is 0 Å². The SMILES string of the molecule is O=[N+]([O-])c1ccc(/C=C\CCCBr)cc1. The normalized spacial score (nSPS) is 10.7. The summed E-state index contributed by atoms with van der Waals surface area (Å²) < 4.78 is 0. The van der Waals surface area contributed by atoms with E-state index < -0.39 is 4.92 Å². The average molecular weight is 270 g/mol. The highest BCUT2D eigenvalue weighted by Crippen LogP contribution is 2.13. The van der Waals surface area contributed by atoms with Crippen molar-refractivity contribution in [1.82, 2.24) is 0 Å². The van der Waals surface area contributed by atoms with Gasteiger partial charge in [-0.1, -0.05) is 28.1 Å². The lowest BCUT2D eigenvalue weighted by atomic mass is 10.2. The highest BCUT2D eigenvalue weighted by molar-refractivity contribution is 9.09. The number of nitrogens with zero attached hydrogens (tertiary/aromatic N) is 1. The average Bonchev–Trinajstić information content (AvgIpc) is 2.25. The van der Waals surface area contributed by atoms with Gasteiger partial charge in [0.25, 0.3) is 5.69 Å². The largest absolute Gasteiger partial charge is 0.269 e. The van der Waals surface area contributed by atoms with Crippen LogP contribution in [0.2, 0.25) is 0 Å². The zero-order valence-electron chi connectivity index (χ0n) is 8.23. The minimum atomic E-state index is -0.391. The van der Waals surface area contributed by atoms with E-state index >= 15 is 0 Å². The van der Waals surface area contributed by atoms with Gasteiger partial charge in [-0.15, -0.1) is 0 Å². The third-order valence-corrected chi connectivity index (χ3v) is 2.48. The minimum absolute atomic E-state index is 0.132. The fourth-order valence-electron chi connectivity index (χ4n) is 1.12. The number of hydrogen-bond donors (Lipinski definition) is 0. The molecule has 0 fully saturated rings. The fourth-order valence-corrected chi connectivity index (χ4v) is 1.45. The number of non-ortho nitro benzene ring substituents is 1. The highest BCUT2D eigenvalue weighted by Gasteiger charge is 2.01. The first-order valence-corrected chi connectivity index (χ1v) is 5.83. The maximum atomic E-state index is 10.4. The van der Waals surface area contributed by atoms with Crippen LogP contribution in [0, 0.1) is 10.1 Å². The van der Waals surface area contributed by atoms with Crippen molar-refractivity contribution >= 4 is 27.7 Å². The Labute approximate surface area is 97.1 Å². The summed E-state index contributed by atoms with van der Waals surface area (Å²) in [6.07, 6.45) is 6.17. The van der Waals surface area contributed by atoms with Gasteiger partial charge in [-0.3, -0.25) is 10.1 Å². The minimum Gasteiger partial charge on any atom is -0.258 e. The summed E-state index contributed by atoms with van der Waals surface area (Å²) in [7, 11) is 0. The third-order valence-electron chi connectivity index (χ3n) is 1.92. The first kappa shape index (κ1) is 11.9. The van der Waals surface area contributed by atoms with Crippen LogP contribution in [-0.4, -0.2) is 10.3 Å². The van der Waals surface area contributed by atoms with E-state index in [0.717, 1.165) is 23.7 Å². The van der Waals surface area contributed by atoms with Crippen LogP contribution >= 0.6 is 15.9 Å². The number of allylic oxidation sites excluding steroid dienone is 1. The van der Waals surface area contributed by atoms with Crippen LogP contribution < -0.4 is 0 Å². The van der Waals surface area contributed by atoms with Crippen molar-refractivity contribution in [3.8, 4) is 0 Å². The van der Waals surface area contributed by atoms with E-state index in [1.54, 1.807) is 12.1 Å². The predicted octanol–water partition coefficient (Wildman–Crippen LogP) is 3.78. The zero-order valence-corrected chi connectivity index (χ0v) is 9.81. The van der Waals surface area contributed by atoms with Crippen LogP contribution in [0.4, 0.5) is 5.69 Å². The van der Waals surface area contributed by atoms with E-state index in [-0.39, 0.29) is 5.69 Å². The molecule has 0 N–H and O–H groups in total. The van der Waals surface area contributed by atoms with Crippen molar-refractivity contribution in [2.24, 2.45) is 0 Å². The number of alkyl halides is 1. The molecule has 15 heavy (non-hydrogen) atoms. The molecule has 0 spiro atoms. The number of nitro groups is 1. The van der Waals surface area contributed by atoms with E-state index in [1.165, 1.54) is 12.1 Å². The molecule has 0 aromatic heterocycles. The molecule has 0 amide bonds. The van der Waals surface area contributed by atoms with Gasteiger partial charge in [-0.05, 0) is 30.5 Å². The molecule has 0 unspecified atom stereocenters. The Morgan fingerprint density at radius 1 is 1.33 bits per heavy atom. The Balaban J connectivity index is 2.56. The molecule has 0 radical (unpaired) electrons. The molecule has 80 valence electrons. The lowest BCUT2D eigenvalue weighted by Crippen LogP contribution is -1.86. The van der Waals surface area contributed by atoms with E-state index in [9.17, 15) is 10.1 Å². The molecule has 0 aliphatic rings. The molecule has 0 saturated heterocycles. The second-order valence-corrected chi connectivity index (χ2v) is 3.88. The molecule has 1 rings (SSSR count). The van der Waals surface area contributed by atoms with E-state index in [0.29, 0.717) is 0 Å². The van der Waals surface area contributed by atoms with E-state index in [2.05, 4.69) is 22.0 Å². The summed E-state index contributed by atoms with van der Waals surface area (Å²) in [5, 5.41) is 11.4. The fraction of sp³-hybridized carbons (Fsp3) is 0.273. The first-order valence-electron chi connectivity index (χ1n) is 4.71. The van der Waals surface area contributed by atoms with Crippen LogP contribution in [0.25, 0.3) is 6.08 Å². The number of benzene rings is 1. The van der Waals surface area contributed by atoms with Crippen LogP contribution in [0.3, 0.4) is 0 Å². The number of rotatable bonds is 5. The van der Waals surface area contributed by atoms with Crippen molar-refractivity contribution in [2.45, 2.75) is 12.8 Å². The number of halogens is 1. The third kappa shape index (κ3) is 4.25. The van der Waals surface area contributed by atoms with Crippen LogP contribution in [0.5, 0.6) is 0 Å². The number of nitro benzene ring substituents is 1. The van der Waals surface area contributed by atoms with Gasteiger partial charge in [0.15, 0.2) is 0 Å². The van der Waals surface area contributed by atoms with Gasteiger partial charge in [-0.25, -0.2) is 0 Å². The topological polar surface area (TPSA) is 43.1 Å². The Hall–Kier alpha value is -1.16. The molecule has 0 saturated carbocycles. The smallest absolute Gasteiger partial charge is 0.258 e. The Bertz CT molecular complexity index is 346. The molecule has 1 aromatic carbocycles. The monoisotopic (exact) mass is 269 g/mol.